The van der Waals surface area contributed by atoms with Crippen molar-refractivity contribution < 1.29 is 18.7 Å². The van der Waals surface area contributed by atoms with Gasteiger partial charge in [-0.3, -0.25) is 14.5 Å². The minimum Gasteiger partial charge on any atom is -0.391 e. The number of aliphatic hydroxyl groups excluding tert-OH is 1. The topological polar surface area (TPSA) is 98.3 Å². The lowest BCUT2D eigenvalue weighted by Gasteiger charge is -2.40. The lowest BCUT2D eigenvalue weighted by molar-refractivity contribution is -0.125. The fourth-order valence-corrected chi connectivity index (χ4v) is 5.83. The first-order chi connectivity index (χ1) is 16.2. The summed E-state index contributed by atoms with van der Waals surface area (Å²) in [5.41, 5.74) is 3.30. The number of carbonyl (C=O) groups is 1. The lowest BCUT2D eigenvalue weighted by Crippen LogP contribution is -2.52. The Morgan fingerprint density at radius 3 is 2.88 bits per heavy atom. The van der Waals surface area contributed by atoms with Gasteiger partial charge in [0.25, 0.3) is 11.5 Å². The third-order valence-corrected chi connectivity index (χ3v) is 7.93. The van der Waals surface area contributed by atoms with Crippen molar-refractivity contribution >= 4 is 32.6 Å². The number of thiazole rings is 1. The molecule has 2 aromatic heterocycles. The number of pyridine rings is 1. The van der Waals surface area contributed by atoms with Crippen LogP contribution in [-0.4, -0.2) is 50.9 Å². The maximum absolute atomic E-state index is 14.8. The van der Waals surface area contributed by atoms with Crippen molar-refractivity contribution in [2.45, 2.75) is 57.1 Å². The third-order valence-electron chi connectivity index (χ3n) is 6.99. The van der Waals surface area contributed by atoms with Gasteiger partial charge >= 0.3 is 0 Å². The van der Waals surface area contributed by atoms with Crippen LogP contribution in [0.25, 0.3) is 10.2 Å². The predicted octanol–water partition coefficient (Wildman–Crippen LogP) is 3.42. The smallest absolute Gasteiger partial charge is 0.257 e. The average Bonchev–Trinajstić information content (AvgIpc) is 3.42. The largest absolute Gasteiger partial charge is 0.391 e. The van der Waals surface area contributed by atoms with Crippen molar-refractivity contribution in [1.29, 1.82) is 0 Å². The number of halogens is 2. The zero-order valence-corrected chi connectivity index (χ0v) is 19.6. The molecule has 0 spiro atoms. The molecule has 1 aromatic carbocycles. The van der Waals surface area contributed by atoms with Gasteiger partial charge in [-0.2, -0.15) is 0 Å². The van der Waals surface area contributed by atoms with Crippen LogP contribution in [0, 0.1) is 0 Å². The van der Waals surface area contributed by atoms with Crippen LogP contribution in [0.3, 0.4) is 0 Å². The van der Waals surface area contributed by atoms with Crippen LogP contribution >= 0.6 is 11.3 Å². The van der Waals surface area contributed by atoms with Gasteiger partial charge in [0.1, 0.15) is 0 Å². The molecule has 2 aliphatic rings. The number of hydrogen-bond acceptors (Lipinski definition) is 6. The van der Waals surface area contributed by atoms with E-state index in [0.717, 1.165) is 29.5 Å². The first-order valence-corrected chi connectivity index (χ1v) is 12.2. The second-order valence-electron chi connectivity index (χ2n) is 9.13. The van der Waals surface area contributed by atoms with Gasteiger partial charge in [-0.25, -0.2) is 13.8 Å². The number of aryl methyl sites for hydroxylation is 2. The fraction of sp³-hybridized carbons (Fsp3) is 0.458. The Morgan fingerprint density at radius 2 is 2.12 bits per heavy atom. The van der Waals surface area contributed by atoms with E-state index >= 15 is 0 Å². The molecule has 0 unspecified atom stereocenters. The Bertz CT molecular complexity index is 1260. The summed E-state index contributed by atoms with van der Waals surface area (Å²) in [7, 11) is 0. The number of fused-ring (bicyclic) bond motifs is 2. The third kappa shape index (κ3) is 4.25. The number of rotatable bonds is 5. The molecule has 0 bridgehead atoms. The Labute approximate surface area is 198 Å². The van der Waals surface area contributed by atoms with Crippen molar-refractivity contribution in [3.05, 3.63) is 57.0 Å². The highest BCUT2D eigenvalue weighted by Gasteiger charge is 2.46. The predicted molar refractivity (Wildman–Crippen MR) is 127 cm³/mol. The summed E-state index contributed by atoms with van der Waals surface area (Å²) in [6, 6.07) is 4.92. The number of piperidine rings is 1. The maximum atomic E-state index is 14.8. The normalized spacial score (nSPS) is 20.9. The monoisotopic (exact) mass is 488 g/mol. The number of nitrogens with one attached hydrogen (secondary N) is 2. The van der Waals surface area contributed by atoms with E-state index in [0.29, 0.717) is 5.13 Å². The van der Waals surface area contributed by atoms with E-state index in [4.69, 9.17) is 0 Å². The Morgan fingerprint density at radius 1 is 1.35 bits per heavy atom. The van der Waals surface area contributed by atoms with E-state index < -0.39 is 36.5 Å². The number of benzene rings is 1. The molecule has 1 aliphatic heterocycles. The number of aromatic nitrogens is 2. The zero-order chi connectivity index (χ0) is 24.0. The van der Waals surface area contributed by atoms with Crippen molar-refractivity contribution in [2.24, 2.45) is 0 Å². The summed E-state index contributed by atoms with van der Waals surface area (Å²) < 4.78 is 30.6. The molecule has 1 saturated heterocycles. The van der Waals surface area contributed by atoms with Crippen LogP contribution < -0.4 is 10.9 Å². The fourth-order valence-electron chi connectivity index (χ4n) is 4.92. The quantitative estimate of drug-likeness (QED) is 0.511. The van der Waals surface area contributed by atoms with Gasteiger partial charge in [0.15, 0.2) is 5.13 Å². The zero-order valence-electron chi connectivity index (χ0n) is 18.7. The molecule has 3 heterocycles. The van der Waals surface area contributed by atoms with Gasteiger partial charge in [-0.15, -0.1) is 0 Å². The summed E-state index contributed by atoms with van der Waals surface area (Å²) in [4.78, 5) is 33.4. The summed E-state index contributed by atoms with van der Waals surface area (Å²) in [5, 5.41) is 12.7. The van der Waals surface area contributed by atoms with Crippen LogP contribution in [0.1, 0.15) is 47.9 Å². The average molecular weight is 489 g/mol. The van der Waals surface area contributed by atoms with E-state index in [1.54, 1.807) is 11.8 Å². The number of nitrogens with zero attached hydrogens (tertiary/aromatic N) is 2. The van der Waals surface area contributed by atoms with Crippen LogP contribution in [0.2, 0.25) is 0 Å². The number of hydrogen-bond donors (Lipinski definition) is 3. The number of carbonyl (C=O) groups excluding carboxylic acids is 1. The molecule has 1 fully saturated rings. The van der Waals surface area contributed by atoms with Crippen molar-refractivity contribution in [3.63, 3.8) is 0 Å². The first kappa shape index (κ1) is 23.1. The van der Waals surface area contributed by atoms with Gasteiger partial charge in [0.05, 0.1) is 28.8 Å². The molecular formula is C24H26F2N4O3S. The van der Waals surface area contributed by atoms with Crippen LogP contribution in [-0.2, 0) is 24.2 Å². The van der Waals surface area contributed by atoms with Crippen molar-refractivity contribution in [2.75, 3.05) is 18.4 Å². The summed E-state index contributed by atoms with van der Waals surface area (Å²) >= 11 is 1.42. The number of aliphatic hydroxyl groups is 1. The van der Waals surface area contributed by atoms with E-state index in [-0.39, 0.29) is 30.1 Å². The Kier molecular flexibility index (Phi) is 5.99. The number of likely N-dealkylation sites (tertiary alicyclic amines) is 1. The van der Waals surface area contributed by atoms with E-state index in [1.807, 2.05) is 0 Å². The number of amides is 1. The molecule has 7 nitrogen and oxygen atoms in total. The lowest BCUT2D eigenvalue weighted by atomic mass is 9.86. The molecule has 10 heteroatoms. The van der Waals surface area contributed by atoms with Gasteiger partial charge in [-0.05, 0) is 61.1 Å². The molecule has 1 amide bonds. The minimum absolute atomic E-state index is 0.0398. The Hall–Kier alpha value is -2.69. The van der Waals surface area contributed by atoms with Gasteiger partial charge < -0.3 is 15.4 Å². The van der Waals surface area contributed by atoms with Gasteiger partial charge in [0.2, 0.25) is 5.91 Å². The number of H-pyrrole nitrogens is 1. The molecule has 3 N–H and O–H groups in total. The SMILES string of the molecule is C[C@@H](C(=O)Nc1nc2cc3c(cc2s1)CCC3)N1CCC(F)(F)[C@H](c2c[nH]c(=O)c(CO)c2)C1. The van der Waals surface area contributed by atoms with Crippen LogP contribution in [0.15, 0.2) is 29.2 Å². The van der Waals surface area contributed by atoms with Gasteiger partial charge in [-0.1, -0.05) is 11.3 Å². The highest BCUT2D eigenvalue weighted by molar-refractivity contribution is 7.22. The molecular weight excluding hydrogens is 462 g/mol. The molecule has 3 aromatic rings. The van der Waals surface area contributed by atoms with Crippen molar-refractivity contribution in [3.8, 4) is 0 Å². The minimum atomic E-state index is -2.99. The molecule has 5 rings (SSSR count). The van der Waals surface area contributed by atoms with Crippen molar-refractivity contribution in [1.82, 2.24) is 14.9 Å². The van der Waals surface area contributed by atoms with Crippen LogP contribution in [0.5, 0.6) is 0 Å². The van der Waals surface area contributed by atoms with E-state index in [1.165, 1.54) is 34.7 Å². The first-order valence-electron chi connectivity index (χ1n) is 11.4. The molecule has 34 heavy (non-hydrogen) atoms. The molecule has 1 aliphatic carbocycles. The standard InChI is InChI=1S/C24H26F2N4O3S/c1-13(21(32)29-23-28-19-8-14-3-2-4-15(14)9-20(19)34-23)30-6-5-24(25,26)18(11-30)16-7-17(12-31)22(33)27-10-16/h7-10,13,18,31H,2-6,11-12H2,1H3,(H,27,33)(H,28,29,32)/t13-,18-/m0/s1. The second-order valence-corrected chi connectivity index (χ2v) is 10.2. The van der Waals surface area contributed by atoms with E-state index in [9.17, 15) is 23.5 Å². The summed E-state index contributed by atoms with van der Waals surface area (Å²) in [5.74, 6) is -4.50. The molecule has 0 radical (unpaired) electrons. The van der Waals surface area contributed by atoms with Gasteiger partial charge in [0, 0.05) is 31.3 Å². The van der Waals surface area contributed by atoms with E-state index in [2.05, 4.69) is 27.4 Å². The maximum Gasteiger partial charge on any atom is 0.257 e. The van der Waals surface area contributed by atoms with Crippen LogP contribution in [0.4, 0.5) is 13.9 Å². The highest BCUT2D eigenvalue weighted by Crippen LogP contribution is 2.41. The second kappa shape index (κ2) is 8.83. The number of alkyl halides is 2. The summed E-state index contributed by atoms with van der Waals surface area (Å²) in [6.07, 6.45) is 4.14. The molecule has 180 valence electrons. The number of anilines is 1. The number of aromatic amines is 1. The molecule has 0 saturated carbocycles. The Balaban J connectivity index is 1.32. The summed E-state index contributed by atoms with van der Waals surface area (Å²) in [6.45, 7) is 1.19. The molecule has 2 atom stereocenters. The highest BCUT2D eigenvalue weighted by atomic mass is 32.1.